The molecule has 0 saturated heterocycles. The smallest absolute Gasteiger partial charge is 0.279 e. The summed E-state index contributed by atoms with van der Waals surface area (Å²) in [6.07, 6.45) is 0. The van der Waals surface area contributed by atoms with Crippen molar-refractivity contribution in [3.8, 4) is 0 Å². The monoisotopic (exact) mass is 445 g/mol. The van der Waals surface area contributed by atoms with Crippen molar-refractivity contribution >= 4 is 43.5 Å². The molecular formula is C18H13Br2N3O. The summed E-state index contributed by atoms with van der Waals surface area (Å²) in [5.41, 5.74) is 4.28. The third kappa shape index (κ3) is 2.41. The Morgan fingerprint density at radius 2 is 1.58 bits per heavy atom. The fourth-order valence-corrected chi connectivity index (χ4v) is 3.65. The Labute approximate surface area is 156 Å². The maximum absolute atomic E-state index is 13.0. The molecule has 1 aliphatic rings. The molecule has 1 aromatic heterocycles. The average Bonchev–Trinajstić information content (AvgIpc) is 3.09. The van der Waals surface area contributed by atoms with Gasteiger partial charge in [-0.1, -0.05) is 44.0 Å². The molecule has 1 N–H and O–H groups in total. The van der Waals surface area contributed by atoms with Crippen LogP contribution in [0, 0.1) is 6.92 Å². The third-order valence-electron chi connectivity index (χ3n) is 4.24. The molecule has 3 aromatic rings. The number of rotatable bonds is 2. The molecule has 4 nitrogen and oxygen atoms in total. The number of amides is 1. The molecule has 2 heterocycles. The normalized spacial score (nSPS) is 16.5. The Morgan fingerprint density at radius 3 is 2.21 bits per heavy atom. The molecule has 4 rings (SSSR count). The SMILES string of the molecule is Cc1[nH]nc2c1[C@H](c1ccc(Br)cc1)N(c1ccc(Br)cc1)C2=O. The summed E-state index contributed by atoms with van der Waals surface area (Å²) in [4.78, 5) is 14.8. The minimum atomic E-state index is -0.180. The number of benzene rings is 2. The van der Waals surface area contributed by atoms with Gasteiger partial charge in [0.25, 0.3) is 5.91 Å². The van der Waals surface area contributed by atoms with Crippen molar-refractivity contribution in [1.82, 2.24) is 10.2 Å². The predicted molar refractivity (Wildman–Crippen MR) is 100 cm³/mol. The van der Waals surface area contributed by atoms with Gasteiger partial charge in [0.1, 0.15) is 0 Å². The molecule has 1 atom stereocenters. The highest BCUT2D eigenvalue weighted by molar-refractivity contribution is 9.10. The fourth-order valence-electron chi connectivity index (χ4n) is 3.12. The third-order valence-corrected chi connectivity index (χ3v) is 5.30. The molecule has 120 valence electrons. The van der Waals surface area contributed by atoms with Gasteiger partial charge in [-0.3, -0.25) is 14.8 Å². The fraction of sp³-hybridized carbons (Fsp3) is 0.111. The highest BCUT2D eigenvalue weighted by Gasteiger charge is 2.42. The second-order valence-corrected chi connectivity index (χ2v) is 7.55. The molecule has 0 saturated carbocycles. The van der Waals surface area contributed by atoms with E-state index >= 15 is 0 Å². The van der Waals surface area contributed by atoms with Crippen molar-refractivity contribution in [1.29, 1.82) is 0 Å². The number of aromatic amines is 1. The molecule has 0 radical (unpaired) electrons. The summed E-state index contributed by atoms with van der Waals surface area (Å²) in [7, 11) is 0. The lowest BCUT2D eigenvalue weighted by molar-refractivity contribution is 0.0989. The number of H-pyrrole nitrogens is 1. The predicted octanol–water partition coefficient (Wildman–Crippen LogP) is 4.99. The molecule has 0 bridgehead atoms. The van der Waals surface area contributed by atoms with Crippen LogP contribution < -0.4 is 4.90 Å². The van der Waals surface area contributed by atoms with Crippen molar-refractivity contribution in [2.75, 3.05) is 4.90 Å². The second-order valence-electron chi connectivity index (χ2n) is 5.72. The molecule has 0 unspecified atom stereocenters. The highest BCUT2D eigenvalue weighted by atomic mass is 79.9. The number of carbonyl (C=O) groups is 1. The van der Waals surface area contributed by atoms with Crippen LogP contribution in [-0.2, 0) is 0 Å². The number of hydrogen-bond donors (Lipinski definition) is 1. The van der Waals surface area contributed by atoms with Gasteiger partial charge in [0.05, 0.1) is 6.04 Å². The second kappa shape index (κ2) is 5.86. The summed E-state index contributed by atoms with van der Waals surface area (Å²) in [6.45, 7) is 1.95. The first kappa shape index (κ1) is 15.6. The summed E-state index contributed by atoms with van der Waals surface area (Å²) in [5, 5.41) is 7.18. The van der Waals surface area contributed by atoms with Gasteiger partial charge >= 0.3 is 0 Å². The zero-order valence-corrected chi connectivity index (χ0v) is 15.9. The molecule has 0 fully saturated rings. The van der Waals surface area contributed by atoms with Gasteiger partial charge in [0, 0.05) is 25.9 Å². The Bertz CT molecular complexity index is 916. The minimum absolute atomic E-state index is 0.0791. The van der Waals surface area contributed by atoms with Gasteiger partial charge in [-0.15, -0.1) is 0 Å². The van der Waals surface area contributed by atoms with Gasteiger partial charge in [0.2, 0.25) is 0 Å². The van der Waals surface area contributed by atoms with Crippen LogP contribution in [0.5, 0.6) is 0 Å². The maximum atomic E-state index is 13.0. The lowest BCUT2D eigenvalue weighted by Gasteiger charge is -2.26. The van der Waals surface area contributed by atoms with Crippen molar-refractivity contribution in [2.24, 2.45) is 0 Å². The van der Waals surface area contributed by atoms with E-state index in [2.05, 4.69) is 42.1 Å². The van der Waals surface area contributed by atoms with Crippen molar-refractivity contribution in [3.63, 3.8) is 0 Å². The zero-order valence-electron chi connectivity index (χ0n) is 12.8. The number of carbonyl (C=O) groups excluding carboxylic acids is 1. The van der Waals surface area contributed by atoms with Crippen LogP contribution in [0.4, 0.5) is 5.69 Å². The quantitative estimate of drug-likeness (QED) is 0.602. The van der Waals surface area contributed by atoms with E-state index in [1.54, 1.807) is 0 Å². The Morgan fingerprint density at radius 1 is 1.00 bits per heavy atom. The molecule has 1 aliphatic heterocycles. The first-order valence-corrected chi connectivity index (χ1v) is 9.04. The summed E-state index contributed by atoms with van der Waals surface area (Å²) in [5.74, 6) is -0.0791. The number of aromatic nitrogens is 2. The van der Waals surface area contributed by atoms with Crippen LogP contribution in [0.15, 0.2) is 57.5 Å². The largest absolute Gasteiger partial charge is 0.295 e. The van der Waals surface area contributed by atoms with Crippen LogP contribution >= 0.6 is 31.9 Å². The molecule has 2 aromatic carbocycles. The molecule has 0 spiro atoms. The number of halogens is 2. The van der Waals surface area contributed by atoms with Gasteiger partial charge in [0.15, 0.2) is 5.69 Å². The number of anilines is 1. The topological polar surface area (TPSA) is 49.0 Å². The summed E-state index contributed by atoms with van der Waals surface area (Å²) < 4.78 is 1.99. The molecular weight excluding hydrogens is 434 g/mol. The molecule has 0 aliphatic carbocycles. The van der Waals surface area contributed by atoms with Crippen LogP contribution in [0.2, 0.25) is 0 Å². The van der Waals surface area contributed by atoms with Crippen LogP contribution in [0.25, 0.3) is 0 Å². The number of nitrogens with one attached hydrogen (secondary N) is 1. The van der Waals surface area contributed by atoms with Gasteiger partial charge in [-0.2, -0.15) is 5.10 Å². The number of aryl methyl sites for hydroxylation is 1. The van der Waals surface area contributed by atoms with E-state index in [4.69, 9.17) is 0 Å². The average molecular weight is 447 g/mol. The molecule has 1 amide bonds. The minimum Gasteiger partial charge on any atom is -0.295 e. The van der Waals surface area contributed by atoms with E-state index in [-0.39, 0.29) is 11.9 Å². The van der Waals surface area contributed by atoms with E-state index < -0.39 is 0 Å². The van der Waals surface area contributed by atoms with E-state index in [1.807, 2.05) is 60.4 Å². The van der Waals surface area contributed by atoms with E-state index in [0.29, 0.717) is 5.69 Å². The van der Waals surface area contributed by atoms with Crippen LogP contribution in [0.3, 0.4) is 0 Å². The van der Waals surface area contributed by atoms with Crippen molar-refractivity contribution in [3.05, 3.63) is 80.0 Å². The lowest BCUT2D eigenvalue weighted by Crippen LogP contribution is -2.29. The van der Waals surface area contributed by atoms with Crippen LogP contribution in [0.1, 0.15) is 33.4 Å². The van der Waals surface area contributed by atoms with Gasteiger partial charge in [-0.25, -0.2) is 0 Å². The van der Waals surface area contributed by atoms with E-state index in [0.717, 1.165) is 31.5 Å². The number of hydrogen-bond acceptors (Lipinski definition) is 2. The van der Waals surface area contributed by atoms with Crippen LogP contribution in [-0.4, -0.2) is 16.1 Å². The first-order chi connectivity index (χ1) is 11.6. The maximum Gasteiger partial charge on any atom is 0.279 e. The van der Waals surface area contributed by atoms with E-state index in [1.165, 1.54) is 0 Å². The van der Waals surface area contributed by atoms with Gasteiger partial charge < -0.3 is 0 Å². The molecule has 24 heavy (non-hydrogen) atoms. The van der Waals surface area contributed by atoms with Crippen molar-refractivity contribution in [2.45, 2.75) is 13.0 Å². The molecule has 6 heteroatoms. The van der Waals surface area contributed by atoms with E-state index in [9.17, 15) is 4.79 Å². The number of fused-ring (bicyclic) bond motifs is 1. The number of nitrogens with zero attached hydrogens (tertiary/aromatic N) is 2. The Balaban J connectivity index is 1.89. The van der Waals surface area contributed by atoms with Gasteiger partial charge in [-0.05, 0) is 48.9 Å². The summed E-state index contributed by atoms with van der Waals surface area (Å²) in [6, 6.07) is 15.6. The first-order valence-electron chi connectivity index (χ1n) is 7.45. The summed E-state index contributed by atoms with van der Waals surface area (Å²) >= 11 is 6.91. The van der Waals surface area contributed by atoms with Crippen molar-refractivity contribution < 1.29 is 4.79 Å². The highest BCUT2D eigenvalue weighted by Crippen LogP contribution is 2.42. The Hall–Kier alpha value is -1.92. The Kier molecular flexibility index (Phi) is 3.81. The lowest BCUT2D eigenvalue weighted by atomic mass is 9.99. The zero-order chi connectivity index (χ0) is 16.8. The standard InChI is InChI=1S/C18H13Br2N3O/c1-10-15-16(22-21-10)18(24)23(14-8-6-13(20)7-9-14)17(15)11-2-4-12(19)5-3-11/h2-9,17H,1H3,(H,21,22)/t17-/m0/s1.